The van der Waals surface area contributed by atoms with Gasteiger partial charge in [0.2, 0.25) is 0 Å². The molecule has 0 radical (unpaired) electrons. The molecule has 1 aromatic rings. The summed E-state index contributed by atoms with van der Waals surface area (Å²) in [5, 5.41) is 5.56. The van der Waals surface area contributed by atoms with Crippen LogP contribution < -0.4 is 5.32 Å². The Hall–Kier alpha value is -0.450. The summed E-state index contributed by atoms with van der Waals surface area (Å²) in [6.07, 6.45) is 4.01. The second-order valence-electron chi connectivity index (χ2n) is 5.03. The number of nitrogens with one attached hydrogen (secondary N) is 1. The summed E-state index contributed by atoms with van der Waals surface area (Å²) in [4.78, 5) is 6.86. The molecule has 0 aliphatic carbocycles. The second kappa shape index (κ2) is 7.09. The van der Waals surface area contributed by atoms with Gasteiger partial charge in [0, 0.05) is 11.9 Å². The molecule has 1 aliphatic rings. The lowest BCUT2D eigenvalue weighted by Gasteiger charge is -2.30. The maximum absolute atomic E-state index is 4.26. The lowest BCUT2D eigenvalue weighted by atomic mass is 9.99. The van der Waals surface area contributed by atoms with E-state index in [1.807, 2.05) is 5.51 Å². The summed E-state index contributed by atoms with van der Waals surface area (Å²) in [6, 6.07) is 0. The average Bonchev–Trinajstić information content (AvgIpc) is 2.84. The largest absolute Gasteiger partial charge is 0.311 e. The van der Waals surface area contributed by atoms with Gasteiger partial charge in [-0.2, -0.15) is 0 Å². The Labute approximate surface area is 108 Å². The van der Waals surface area contributed by atoms with Crippen LogP contribution in [0, 0.1) is 5.92 Å². The monoisotopic (exact) mass is 253 g/mol. The Kier molecular flexibility index (Phi) is 5.42. The zero-order chi connectivity index (χ0) is 11.9. The van der Waals surface area contributed by atoms with Crippen LogP contribution in [-0.2, 0) is 6.54 Å². The van der Waals surface area contributed by atoms with Crippen molar-refractivity contribution in [3.63, 3.8) is 0 Å². The molecule has 1 fully saturated rings. The van der Waals surface area contributed by atoms with Crippen LogP contribution in [0.2, 0.25) is 0 Å². The molecule has 0 spiro atoms. The van der Waals surface area contributed by atoms with Crippen LogP contribution >= 0.6 is 11.3 Å². The van der Waals surface area contributed by atoms with E-state index < -0.39 is 0 Å². The molecule has 0 aromatic carbocycles. The minimum absolute atomic E-state index is 0.917. The van der Waals surface area contributed by atoms with Crippen LogP contribution in [0.15, 0.2) is 10.9 Å². The van der Waals surface area contributed by atoms with Gasteiger partial charge in [0.05, 0.1) is 11.2 Å². The molecule has 96 valence electrons. The quantitative estimate of drug-likeness (QED) is 0.789. The van der Waals surface area contributed by atoms with Crippen molar-refractivity contribution in [2.45, 2.75) is 32.7 Å². The van der Waals surface area contributed by atoms with Gasteiger partial charge in [-0.1, -0.05) is 6.92 Å². The first-order chi connectivity index (χ1) is 8.34. The highest BCUT2D eigenvalue weighted by Gasteiger charge is 2.14. The van der Waals surface area contributed by atoms with Gasteiger partial charge in [-0.15, -0.1) is 11.3 Å². The highest BCUT2D eigenvalue weighted by Crippen LogP contribution is 2.15. The van der Waals surface area contributed by atoms with Crippen molar-refractivity contribution in [3.8, 4) is 0 Å². The Bertz CT molecular complexity index is 292. The fourth-order valence-electron chi connectivity index (χ4n) is 2.25. The molecule has 17 heavy (non-hydrogen) atoms. The van der Waals surface area contributed by atoms with Crippen LogP contribution in [0.3, 0.4) is 0 Å². The molecule has 2 heterocycles. The number of piperidine rings is 1. The third kappa shape index (κ3) is 4.74. The molecule has 1 aromatic heterocycles. The van der Waals surface area contributed by atoms with E-state index in [1.165, 1.54) is 44.6 Å². The van der Waals surface area contributed by atoms with Crippen LogP contribution in [0.4, 0.5) is 0 Å². The number of rotatable bonds is 6. The predicted octanol–water partition coefficient (Wildman–Crippen LogP) is 2.35. The Morgan fingerprint density at radius 1 is 1.47 bits per heavy atom. The van der Waals surface area contributed by atoms with E-state index in [4.69, 9.17) is 0 Å². The Morgan fingerprint density at radius 3 is 3.00 bits per heavy atom. The van der Waals surface area contributed by atoms with Gasteiger partial charge in [0.1, 0.15) is 0 Å². The molecule has 4 heteroatoms. The zero-order valence-electron chi connectivity index (χ0n) is 10.7. The maximum Gasteiger partial charge on any atom is 0.0795 e. The van der Waals surface area contributed by atoms with E-state index in [-0.39, 0.29) is 0 Å². The molecule has 0 atom stereocenters. The van der Waals surface area contributed by atoms with E-state index in [0.717, 1.165) is 19.0 Å². The van der Waals surface area contributed by atoms with Gasteiger partial charge < -0.3 is 10.2 Å². The Balaban J connectivity index is 1.49. The predicted molar refractivity (Wildman–Crippen MR) is 73.3 cm³/mol. The molecule has 1 N–H and O–H groups in total. The standard InChI is InChI=1S/C13H23N3S/c1-12-3-7-16(8-4-12)6-2-5-14-9-13-10-17-11-15-13/h10-12,14H,2-9H2,1H3. The lowest BCUT2D eigenvalue weighted by molar-refractivity contribution is 0.190. The van der Waals surface area contributed by atoms with Crippen molar-refractivity contribution in [2.75, 3.05) is 26.2 Å². The van der Waals surface area contributed by atoms with Crippen molar-refractivity contribution in [3.05, 3.63) is 16.6 Å². The molecular formula is C13H23N3S. The minimum atomic E-state index is 0.917. The first kappa shape index (κ1) is 13.0. The SMILES string of the molecule is CC1CCN(CCCNCc2cscn2)CC1. The minimum Gasteiger partial charge on any atom is -0.311 e. The molecule has 1 saturated heterocycles. The third-order valence-corrected chi connectivity index (χ3v) is 4.13. The van der Waals surface area contributed by atoms with Gasteiger partial charge in [-0.05, 0) is 51.4 Å². The number of hydrogen-bond donors (Lipinski definition) is 1. The summed E-state index contributed by atoms with van der Waals surface area (Å²) in [7, 11) is 0. The summed E-state index contributed by atoms with van der Waals surface area (Å²) >= 11 is 1.67. The fraction of sp³-hybridized carbons (Fsp3) is 0.769. The van der Waals surface area contributed by atoms with Crippen molar-refractivity contribution in [2.24, 2.45) is 5.92 Å². The Morgan fingerprint density at radius 2 is 2.29 bits per heavy atom. The van der Waals surface area contributed by atoms with E-state index in [9.17, 15) is 0 Å². The molecule has 0 saturated carbocycles. The number of aromatic nitrogens is 1. The van der Waals surface area contributed by atoms with Crippen molar-refractivity contribution < 1.29 is 0 Å². The number of thiazole rings is 1. The third-order valence-electron chi connectivity index (χ3n) is 3.49. The molecule has 0 unspecified atom stereocenters. The number of nitrogens with zero attached hydrogens (tertiary/aromatic N) is 2. The van der Waals surface area contributed by atoms with Gasteiger partial charge >= 0.3 is 0 Å². The van der Waals surface area contributed by atoms with Crippen molar-refractivity contribution in [1.29, 1.82) is 0 Å². The van der Waals surface area contributed by atoms with Crippen molar-refractivity contribution >= 4 is 11.3 Å². The first-order valence-electron chi connectivity index (χ1n) is 6.65. The summed E-state index contributed by atoms with van der Waals surface area (Å²) in [5.41, 5.74) is 3.06. The molecule has 1 aliphatic heterocycles. The number of likely N-dealkylation sites (tertiary alicyclic amines) is 1. The average molecular weight is 253 g/mol. The van der Waals surface area contributed by atoms with E-state index in [0.29, 0.717) is 0 Å². The maximum atomic E-state index is 4.26. The van der Waals surface area contributed by atoms with E-state index in [2.05, 4.69) is 27.5 Å². The van der Waals surface area contributed by atoms with Crippen molar-refractivity contribution in [1.82, 2.24) is 15.2 Å². The number of hydrogen-bond acceptors (Lipinski definition) is 4. The van der Waals surface area contributed by atoms with Gasteiger partial charge in [0.15, 0.2) is 0 Å². The van der Waals surface area contributed by atoms with Crippen LogP contribution in [0.1, 0.15) is 31.9 Å². The van der Waals surface area contributed by atoms with Crippen LogP contribution in [-0.4, -0.2) is 36.1 Å². The fourth-order valence-corrected chi connectivity index (χ4v) is 2.81. The topological polar surface area (TPSA) is 28.2 Å². The highest BCUT2D eigenvalue weighted by molar-refractivity contribution is 7.07. The molecule has 3 nitrogen and oxygen atoms in total. The first-order valence-corrected chi connectivity index (χ1v) is 7.59. The normalized spacial score (nSPS) is 18.6. The molecule has 0 bridgehead atoms. The molecule has 0 amide bonds. The summed E-state index contributed by atoms with van der Waals surface area (Å²) < 4.78 is 0. The lowest BCUT2D eigenvalue weighted by Crippen LogP contribution is -2.34. The van der Waals surface area contributed by atoms with Gasteiger partial charge in [-0.25, -0.2) is 4.98 Å². The smallest absolute Gasteiger partial charge is 0.0795 e. The summed E-state index contributed by atoms with van der Waals surface area (Å²) in [5.74, 6) is 0.939. The zero-order valence-corrected chi connectivity index (χ0v) is 11.5. The van der Waals surface area contributed by atoms with Gasteiger partial charge in [-0.3, -0.25) is 0 Å². The highest BCUT2D eigenvalue weighted by atomic mass is 32.1. The van der Waals surface area contributed by atoms with Crippen LogP contribution in [0.25, 0.3) is 0 Å². The van der Waals surface area contributed by atoms with E-state index in [1.54, 1.807) is 11.3 Å². The van der Waals surface area contributed by atoms with E-state index >= 15 is 0 Å². The second-order valence-corrected chi connectivity index (χ2v) is 5.75. The van der Waals surface area contributed by atoms with Crippen LogP contribution in [0.5, 0.6) is 0 Å². The van der Waals surface area contributed by atoms with Gasteiger partial charge in [0.25, 0.3) is 0 Å². The molecular weight excluding hydrogens is 230 g/mol. The molecule has 2 rings (SSSR count). The summed E-state index contributed by atoms with van der Waals surface area (Å²) in [6.45, 7) is 8.23.